The molecule has 1 saturated heterocycles. The number of hydrogen-bond acceptors (Lipinski definition) is 5. The third kappa shape index (κ3) is 4.90. The second-order valence-electron chi connectivity index (χ2n) is 7.86. The lowest BCUT2D eigenvalue weighted by Gasteiger charge is -2.28. The predicted molar refractivity (Wildman–Crippen MR) is 110 cm³/mol. The Hall–Kier alpha value is -1.95. The van der Waals surface area contributed by atoms with E-state index in [9.17, 15) is 4.79 Å². The van der Waals surface area contributed by atoms with Crippen LogP contribution >= 0.6 is 0 Å². The Morgan fingerprint density at radius 1 is 0.893 bits per heavy atom. The SMILES string of the molecule is COc1cc(C(=O)N2CCCN(CC3CCCCC3)CC2)cc(OC)c1OC. The molecular weight excluding hydrogens is 356 g/mol. The number of ether oxygens (including phenoxy) is 3. The van der Waals surface area contributed by atoms with Crippen molar-refractivity contribution >= 4 is 5.91 Å². The molecule has 0 atom stereocenters. The first-order valence-electron chi connectivity index (χ1n) is 10.5. The van der Waals surface area contributed by atoms with E-state index < -0.39 is 0 Å². The van der Waals surface area contributed by atoms with Gasteiger partial charge in [0, 0.05) is 31.7 Å². The fraction of sp³-hybridized carbons (Fsp3) is 0.682. The highest BCUT2D eigenvalue weighted by molar-refractivity contribution is 5.95. The summed E-state index contributed by atoms with van der Waals surface area (Å²) in [6.45, 7) is 4.77. The highest BCUT2D eigenvalue weighted by Crippen LogP contribution is 2.38. The van der Waals surface area contributed by atoms with E-state index in [2.05, 4.69) is 4.90 Å². The van der Waals surface area contributed by atoms with Crippen molar-refractivity contribution in [1.82, 2.24) is 9.80 Å². The van der Waals surface area contributed by atoms with Crippen LogP contribution in [0.2, 0.25) is 0 Å². The van der Waals surface area contributed by atoms with Gasteiger partial charge in [-0.2, -0.15) is 0 Å². The number of methoxy groups -OCH3 is 3. The zero-order valence-electron chi connectivity index (χ0n) is 17.5. The summed E-state index contributed by atoms with van der Waals surface area (Å²) in [6, 6.07) is 3.49. The van der Waals surface area contributed by atoms with Crippen LogP contribution in [0, 0.1) is 5.92 Å². The smallest absolute Gasteiger partial charge is 0.254 e. The molecule has 0 unspecified atom stereocenters. The summed E-state index contributed by atoms with van der Waals surface area (Å²) in [5.41, 5.74) is 0.579. The van der Waals surface area contributed by atoms with Crippen LogP contribution in [0.25, 0.3) is 0 Å². The van der Waals surface area contributed by atoms with Crippen molar-refractivity contribution in [3.05, 3.63) is 17.7 Å². The van der Waals surface area contributed by atoms with Gasteiger partial charge in [-0.1, -0.05) is 19.3 Å². The van der Waals surface area contributed by atoms with Crippen LogP contribution in [0.3, 0.4) is 0 Å². The predicted octanol–water partition coefficient (Wildman–Crippen LogP) is 3.44. The van der Waals surface area contributed by atoms with Crippen molar-refractivity contribution in [2.24, 2.45) is 5.92 Å². The Morgan fingerprint density at radius 2 is 1.57 bits per heavy atom. The molecular formula is C22H34N2O4. The second kappa shape index (κ2) is 10.0. The lowest BCUT2D eigenvalue weighted by Crippen LogP contribution is -2.37. The zero-order chi connectivity index (χ0) is 19.9. The molecule has 1 aromatic rings. The Kier molecular flexibility index (Phi) is 7.43. The Labute approximate surface area is 168 Å². The quantitative estimate of drug-likeness (QED) is 0.745. The van der Waals surface area contributed by atoms with Gasteiger partial charge in [0.15, 0.2) is 11.5 Å². The molecule has 28 heavy (non-hydrogen) atoms. The monoisotopic (exact) mass is 390 g/mol. The molecule has 156 valence electrons. The van der Waals surface area contributed by atoms with Crippen LogP contribution in [0.4, 0.5) is 0 Å². The molecule has 1 saturated carbocycles. The van der Waals surface area contributed by atoms with E-state index in [0.29, 0.717) is 22.8 Å². The zero-order valence-corrected chi connectivity index (χ0v) is 17.5. The van der Waals surface area contributed by atoms with Crippen LogP contribution in [-0.4, -0.2) is 69.8 Å². The van der Waals surface area contributed by atoms with Crippen molar-refractivity contribution in [3.63, 3.8) is 0 Å². The number of nitrogens with zero attached hydrogens (tertiary/aromatic N) is 2. The van der Waals surface area contributed by atoms with Gasteiger partial charge < -0.3 is 24.0 Å². The van der Waals surface area contributed by atoms with E-state index in [1.807, 2.05) is 4.90 Å². The second-order valence-corrected chi connectivity index (χ2v) is 7.86. The largest absolute Gasteiger partial charge is 0.493 e. The first-order chi connectivity index (χ1) is 13.7. The van der Waals surface area contributed by atoms with Crippen molar-refractivity contribution in [2.75, 3.05) is 54.1 Å². The van der Waals surface area contributed by atoms with Crippen LogP contribution in [0.15, 0.2) is 12.1 Å². The number of carbonyl (C=O) groups is 1. The topological polar surface area (TPSA) is 51.2 Å². The summed E-state index contributed by atoms with van der Waals surface area (Å²) in [7, 11) is 4.71. The summed E-state index contributed by atoms with van der Waals surface area (Å²) in [6.07, 6.45) is 7.90. The molecule has 1 amide bonds. The van der Waals surface area contributed by atoms with Gasteiger partial charge in [0.05, 0.1) is 21.3 Å². The van der Waals surface area contributed by atoms with Crippen molar-refractivity contribution in [2.45, 2.75) is 38.5 Å². The summed E-state index contributed by atoms with van der Waals surface area (Å²) in [4.78, 5) is 17.7. The van der Waals surface area contributed by atoms with Gasteiger partial charge in [0.25, 0.3) is 5.91 Å². The van der Waals surface area contributed by atoms with Crippen molar-refractivity contribution in [1.29, 1.82) is 0 Å². The van der Waals surface area contributed by atoms with E-state index in [4.69, 9.17) is 14.2 Å². The maximum Gasteiger partial charge on any atom is 0.254 e. The molecule has 3 rings (SSSR count). The fourth-order valence-electron chi connectivity index (χ4n) is 4.48. The third-order valence-corrected chi connectivity index (χ3v) is 6.03. The normalized spacial score (nSPS) is 19.2. The molecule has 2 aliphatic rings. The van der Waals surface area contributed by atoms with Gasteiger partial charge in [-0.05, 0) is 43.9 Å². The van der Waals surface area contributed by atoms with Gasteiger partial charge in [-0.25, -0.2) is 0 Å². The lowest BCUT2D eigenvalue weighted by molar-refractivity contribution is 0.0759. The van der Waals surface area contributed by atoms with E-state index in [1.54, 1.807) is 33.5 Å². The number of benzene rings is 1. The standard InChI is InChI=1S/C22H34N2O4/c1-26-19-14-18(15-20(27-2)21(19)28-3)22(25)24-11-7-10-23(12-13-24)16-17-8-5-4-6-9-17/h14-15,17H,4-13,16H2,1-3H3. The van der Waals surface area contributed by atoms with Gasteiger partial charge in [-0.3, -0.25) is 4.79 Å². The summed E-state index contributed by atoms with van der Waals surface area (Å²) in [5, 5.41) is 0. The molecule has 6 heteroatoms. The van der Waals surface area contributed by atoms with Gasteiger partial charge >= 0.3 is 0 Å². The van der Waals surface area contributed by atoms with E-state index in [-0.39, 0.29) is 5.91 Å². The molecule has 1 heterocycles. The van der Waals surface area contributed by atoms with Crippen molar-refractivity contribution < 1.29 is 19.0 Å². The first kappa shape index (κ1) is 20.8. The average molecular weight is 391 g/mol. The fourth-order valence-corrected chi connectivity index (χ4v) is 4.48. The first-order valence-corrected chi connectivity index (χ1v) is 10.5. The summed E-state index contributed by atoms with van der Waals surface area (Å²) < 4.78 is 16.2. The summed E-state index contributed by atoms with van der Waals surface area (Å²) in [5.74, 6) is 2.40. The highest BCUT2D eigenvalue weighted by Gasteiger charge is 2.25. The maximum atomic E-state index is 13.1. The van der Waals surface area contributed by atoms with E-state index in [1.165, 1.54) is 38.6 Å². The van der Waals surface area contributed by atoms with E-state index >= 15 is 0 Å². The van der Waals surface area contributed by atoms with Gasteiger partial charge in [0.2, 0.25) is 5.75 Å². The number of carbonyl (C=O) groups excluding carboxylic acids is 1. The Morgan fingerprint density at radius 3 is 2.18 bits per heavy atom. The van der Waals surface area contributed by atoms with Gasteiger partial charge in [0.1, 0.15) is 0 Å². The molecule has 0 bridgehead atoms. The minimum Gasteiger partial charge on any atom is -0.493 e. The molecule has 1 aliphatic heterocycles. The maximum absolute atomic E-state index is 13.1. The minimum absolute atomic E-state index is 0.0266. The van der Waals surface area contributed by atoms with Crippen molar-refractivity contribution in [3.8, 4) is 17.2 Å². The molecule has 2 fully saturated rings. The molecule has 6 nitrogen and oxygen atoms in total. The van der Waals surface area contributed by atoms with Crippen LogP contribution in [0.5, 0.6) is 17.2 Å². The number of rotatable bonds is 6. The van der Waals surface area contributed by atoms with Crippen LogP contribution < -0.4 is 14.2 Å². The lowest BCUT2D eigenvalue weighted by atomic mass is 9.89. The molecule has 0 spiro atoms. The summed E-state index contributed by atoms with van der Waals surface area (Å²) >= 11 is 0. The molecule has 0 radical (unpaired) electrons. The van der Waals surface area contributed by atoms with E-state index in [0.717, 1.165) is 38.5 Å². The third-order valence-electron chi connectivity index (χ3n) is 6.03. The Balaban J connectivity index is 1.66. The average Bonchev–Trinajstić information content (AvgIpc) is 2.98. The number of hydrogen-bond donors (Lipinski definition) is 0. The molecule has 1 aliphatic carbocycles. The van der Waals surface area contributed by atoms with Crippen LogP contribution in [0.1, 0.15) is 48.9 Å². The van der Waals surface area contributed by atoms with Crippen LogP contribution in [-0.2, 0) is 0 Å². The highest BCUT2D eigenvalue weighted by atomic mass is 16.5. The minimum atomic E-state index is 0.0266. The Bertz CT molecular complexity index is 633. The molecule has 0 aromatic heterocycles. The molecule has 0 N–H and O–H groups in total. The van der Waals surface area contributed by atoms with Gasteiger partial charge in [-0.15, -0.1) is 0 Å². The number of amides is 1. The molecule has 1 aromatic carbocycles.